The molecule has 2 aromatic rings. The van der Waals surface area contributed by atoms with Crippen molar-refractivity contribution in [3.05, 3.63) is 63.9 Å². The van der Waals surface area contributed by atoms with E-state index < -0.39 is 5.54 Å². The van der Waals surface area contributed by atoms with Gasteiger partial charge in [0, 0.05) is 48.5 Å². The maximum Gasteiger partial charge on any atom is 0.232 e. The quantitative estimate of drug-likeness (QED) is 0.739. The summed E-state index contributed by atoms with van der Waals surface area (Å²) in [5.41, 5.74) is 9.68. The van der Waals surface area contributed by atoms with E-state index in [1.807, 2.05) is 31.3 Å². The van der Waals surface area contributed by atoms with Crippen molar-refractivity contribution in [1.82, 2.24) is 9.88 Å². The minimum Gasteiger partial charge on any atom is -0.381 e. The molecule has 0 radical (unpaired) electrons. The highest BCUT2D eigenvalue weighted by atomic mass is 35.5. The molecule has 1 aliphatic carbocycles. The maximum atomic E-state index is 13.1. The number of hydrogen-bond acceptors (Lipinski definition) is 5. The molecule has 5 rings (SSSR count). The number of carbonyl (C=O) groups is 1. The standard InChI is InChI=1S/C25H29ClN4O2/c1-25(14-22(31)30(24(27)29-25)19-9-11-32-12-10-19)20-4-2-3-18(23(20)26)13-16-5-8-21(28-15-16)17-6-7-17/h2-5,8,15,17,19H,6-7,9-14H2,1H3,(H2,27,29)/t25-/m0/s1. The zero-order chi connectivity index (χ0) is 22.3. The molecule has 2 fully saturated rings. The van der Waals surface area contributed by atoms with Crippen LogP contribution in [0.2, 0.25) is 5.02 Å². The number of ether oxygens (including phenoxy) is 1. The monoisotopic (exact) mass is 452 g/mol. The fraction of sp³-hybridized carbons (Fsp3) is 0.480. The summed E-state index contributed by atoms with van der Waals surface area (Å²) < 4.78 is 5.43. The number of amides is 1. The van der Waals surface area contributed by atoms with Crippen molar-refractivity contribution in [2.24, 2.45) is 10.7 Å². The van der Waals surface area contributed by atoms with Crippen LogP contribution in [0.5, 0.6) is 0 Å². The van der Waals surface area contributed by atoms with Gasteiger partial charge in [-0.1, -0.05) is 35.9 Å². The molecule has 2 aliphatic heterocycles. The van der Waals surface area contributed by atoms with Crippen molar-refractivity contribution in [2.75, 3.05) is 13.2 Å². The Morgan fingerprint density at radius 3 is 2.62 bits per heavy atom. The number of nitrogens with two attached hydrogens (primary N) is 1. The van der Waals surface area contributed by atoms with Gasteiger partial charge in [0.15, 0.2) is 5.96 Å². The fourth-order valence-corrected chi connectivity index (χ4v) is 5.25. The largest absolute Gasteiger partial charge is 0.381 e. The van der Waals surface area contributed by atoms with Gasteiger partial charge < -0.3 is 10.5 Å². The van der Waals surface area contributed by atoms with Crippen molar-refractivity contribution in [3.63, 3.8) is 0 Å². The second-order valence-corrected chi connectivity index (χ2v) is 9.73. The molecule has 0 bridgehead atoms. The van der Waals surface area contributed by atoms with Crippen molar-refractivity contribution < 1.29 is 9.53 Å². The Morgan fingerprint density at radius 2 is 1.97 bits per heavy atom. The summed E-state index contributed by atoms with van der Waals surface area (Å²) in [5, 5.41) is 0.644. The lowest BCUT2D eigenvalue weighted by atomic mass is 9.85. The summed E-state index contributed by atoms with van der Waals surface area (Å²) in [6, 6.07) is 10.3. The predicted octanol–water partition coefficient (Wildman–Crippen LogP) is 4.14. The topological polar surface area (TPSA) is 80.8 Å². The summed E-state index contributed by atoms with van der Waals surface area (Å²) in [5.74, 6) is 0.911. The smallest absolute Gasteiger partial charge is 0.232 e. The van der Waals surface area contributed by atoms with Crippen molar-refractivity contribution in [1.29, 1.82) is 0 Å². The van der Waals surface area contributed by atoms with Crippen molar-refractivity contribution in [2.45, 2.75) is 62.9 Å². The first-order valence-electron chi connectivity index (χ1n) is 11.4. The number of halogens is 1. The number of aliphatic imine (C=N–C) groups is 1. The molecule has 0 unspecified atom stereocenters. The van der Waals surface area contributed by atoms with Gasteiger partial charge in [0.2, 0.25) is 5.91 Å². The van der Waals surface area contributed by atoms with E-state index in [1.165, 1.54) is 18.5 Å². The van der Waals surface area contributed by atoms with E-state index >= 15 is 0 Å². The van der Waals surface area contributed by atoms with Crippen LogP contribution in [-0.2, 0) is 21.5 Å². The van der Waals surface area contributed by atoms with Gasteiger partial charge in [-0.25, -0.2) is 4.99 Å². The highest BCUT2D eigenvalue weighted by Gasteiger charge is 2.41. The predicted molar refractivity (Wildman–Crippen MR) is 125 cm³/mol. The highest BCUT2D eigenvalue weighted by Crippen LogP contribution is 2.41. The summed E-state index contributed by atoms with van der Waals surface area (Å²) in [6.07, 6.45) is 6.92. The summed E-state index contributed by atoms with van der Waals surface area (Å²) in [7, 11) is 0. The lowest BCUT2D eigenvalue weighted by Crippen LogP contribution is -2.55. The zero-order valence-corrected chi connectivity index (χ0v) is 19.1. The van der Waals surface area contributed by atoms with Crippen LogP contribution in [0, 0.1) is 0 Å². The number of nitrogens with zero attached hydrogens (tertiary/aromatic N) is 3. The van der Waals surface area contributed by atoms with Crippen LogP contribution in [0.25, 0.3) is 0 Å². The van der Waals surface area contributed by atoms with E-state index in [9.17, 15) is 4.79 Å². The molecule has 1 aromatic carbocycles. The summed E-state index contributed by atoms with van der Waals surface area (Å²) >= 11 is 6.88. The third-order valence-electron chi connectivity index (χ3n) is 6.82. The molecule has 7 heteroatoms. The van der Waals surface area contributed by atoms with Crippen LogP contribution in [-0.4, -0.2) is 41.0 Å². The Hall–Kier alpha value is -2.44. The van der Waals surface area contributed by atoms with Gasteiger partial charge in [0.25, 0.3) is 0 Å². The Balaban J connectivity index is 1.40. The number of carbonyl (C=O) groups excluding carboxylic acids is 1. The molecule has 32 heavy (non-hydrogen) atoms. The zero-order valence-electron chi connectivity index (χ0n) is 18.4. The minimum atomic E-state index is -0.788. The molecular weight excluding hydrogens is 424 g/mol. The van der Waals surface area contributed by atoms with E-state index in [0.717, 1.165) is 29.5 Å². The Bertz CT molecular complexity index is 1040. The van der Waals surface area contributed by atoms with Gasteiger partial charge in [-0.15, -0.1) is 0 Å². The number of hydrogen-bond donors (Lipinski definition) is 1. The van der Waals surface area contributed by atoms with Crippen molar-refractivity contribution in [3.8, 4) is 0 Å². The first-order valence-corrected chi connectivity index (χ1v) is 11.8. The molecular formula is C25H29ClN4O2. The third kappa shape index (κ3) is 4.14. The first-order chi connectivity index (χ1) is 15.4. The van der Waals surface area contributed by atoms with E-state index in [0.29, 0.717) is 30.6 Å². The number of guanidine groups is 1. The van der Waals surface area contributed by atoms with Gasteiger partial charge in [-0.2, -0.15) is 0 Å². The lowest BCUT2D eigenvalue weighted by Gasteiger charge is -2.40. The van der Waals surface area contributed by atoms with Gasteiger partial charge in [-0.3, -0.25) is 14.7 Å². The van der Waals surface area contributed by atoms with Crippen LogP contribution in [0.3, 0.4) is 0 Å². The Labute approximate surface area is 193 Å². The van der Waals surface area contributed by atoms with E-state index in [-0.39, 0.29) is 24.3 Å². The van der Waals surface area contributed by atoms with Gasteiger partial charge in [0.05, 0.1) is 12.0 Å². The molecule has 1 saturated heterocycles. The molecule has 168 valence electrons. The second kappa shape index (κ2) is 8.49. The maximum absolute atomic E-state index is 13.1. The van der Waals surface area contributed by atoms with Gasteiger partial charge in [0.1, 0.15) is 0 Å². The number of aromatic nitrogens is 1. The minimum absolute atomic E-state index is 0.00626. The SMILES string of the molecule is C[C@@]1(c2cccc(Cc3ccc(C4CC4)nc3)c2Cl)CC(=O)N(C2CCOCC2)C(N)=N1. The van der Waals surface area contributed by atoms with Crippen LogP contribution >= 0.6 is 11.6 Å². The number of pyridine rings is 1. The molecule has 3 aliphatic rings. The molecule has 2 N–H and O–H groups in total. The molecule has 1 atom stereocenters. The van der Waals surface area contributed by atoms with Crippen LogP contribution in [0.4, 0.5) is 0 Å². The molecule has 0 spiro atoms. The normalized spacial score (nSPS) is 24.5. The summed E-state index contributed by atoms with van der Waals surface area (Å²) in [6.45, 7) is 3.22. The fourth-order valence-electron chi connectivity index (χ4n) is 4.86. The van der Waals surface area contributed by atoms with Crippen LogP contribution in [0.15, 0.2) is 41.5 Å². The third-order valence-corrected chi connectivity index (χ3v) is 7.27. The summed E-state index contributed by atoms with van der Waals surface area (Å²) in [4.78, 5) is 24.2. The second-order valence-electron chi connectivity index (χ2n) is 9.35. The molecule has 3 heterocycles. The van der Waals surface area contributed by atoms with Crippen molar-refractivity contribution >= 4 is 23.5 Å². The van der Waals surface area contributed by atoms with Crippen LogP contribution < -0.4 is 5.73 Å². The highest BCUT2D eigenvalue weighted by molar-refractivity contribution is 6.32. The van der Waals surface area contributed by atoms with E-state index in [1.54, 1.807) is 4.90 Å². The lowest BCUT2D eigenvalue weighted by molar-refractivity contribution is -0.132. The Morgan fingerprint density at radius 1 is 1.19 bits per heavy atom. The molecule has 1 amide bonds. The van der Waals surface area contributed by atoms with E-state index in [4.69, 9.17) is 27.1 Å². The van der Waals surface area contributed by atoms with E-state index in [2.05, 4.69) is 17.1 Å². The number of rotatable bonds is 5. The molecule has 1 saturated carbocycles. The average Bonchev–Trinajstić information content (AvgIpc) is 3.61. The van der Waals surface area contributed by atoms with Gasteiger partial charge >= 0.3 is 0 Å². The first kappa shape index (κ1) is 21.4. The average molecular weight is 453 g/mol. The number of benzene rings is 1. The molecule has 1 aromatic heterocycles. The Kier molecular flexibility index (Phi) is 5.68. The molecule has 6 nitrogen and oxygen atoms in total. The van der Waals surface area contributed by atoms with Crippen LogP contribution in [0.1, 0.15) is 67.3 Å². The van der Waals surface area contributed by atoms with Gasteiger partial charge in [-0.05, 0) is 55.4 Å².